The first-order valence-corrected chi connectivity index (χ1v) is 6.65. The van der Waals surface area contributed by atoms with Gasteiger partial charge in [-0.15, -0.1) is 0 Å². The summed E-state index contributed by atoms with van der Waals surface area (Å²) in [4.78, 5) is 5.11. The molecule has 2 rings (SSSR count). The normalized spacial score (nSPS) is 25.5. The van der Waals surface area contributed by atoms with Crippen molar-refractivity contribution in [2.24, 2.45) is 0 Å². The van der Waals surface area contributed by atoms with Gasteiger partial charge in [-0.1, -0.05) is 18.3 Å². The van der Waals surface area contributed by atoms with E-state index < -0.39 is 11.1 Å². The minimum absolute atomic E-state index is 0.0157. The number of rotatable bonds is 2. The molecule has 0 radical (unpaired) electrons. The highest BCUT2D eigenvalue weighted by Gasteiger charge is 2.35. The van der Waals surface area contributed by atoms with Crippen LogP contribution >= 0.6 is 11.3 Å². The van der Waals surface area contributed by atoms with Crippen molar-refractivity contribution in [3.63, 3.8) is 0 Å². The van der Waals surface area contributed by atoms with Gasteiger partial charge < -0.3 is 9.64 Å². The monoisotopic (exact) mass is 280 g/mol. The van der Waals surface area contributed by atoms with Gasteiger partial charge in [0.05, 0.1) is 18.4 Å². The molecule has 0 aliphatic carbocycles. The lowest BCUT2D eigenvalue weighted by atomic mass is 10.2. The molecule has 2 unspecified atom stereocenters. The molecule has 7 heteroatoms. The Balaban J connectivity index is 2.13. The Morgan fingerprint density at radius 3 is 2.78 bits per heavy atom. The predicted octanol–water partition coefficient (Wildman–Crippen LogP) is 3.17. The number of hydrogen-bond acceptors (Lipinski definition) is 4. The van der Waals surface area contributed by atoms with Crippen LogP contribution in [0.15, 0.2) is 6.20 Å². The summed E-state index contributed by atoms with van der Waals surface area (Å²) in [6.07, 6.45) is -2.48. The smallest absolute Gasteiger partial charge is 0.372 e. The van der Waals surface area contributed by atoms with Gasteiger partial charge >= 0.3 is 6.18 Å². The van der Waals surface area contributed by atoms with Gasteiger partial charge in [-0.05, 0) is 13.3 Å². The highest BCUT2D eigenvalue weighted by Crippen LogP contribution is 2.36. The molecule has 0 saturated carbocycles. The third-order valence-electron chi connectivity index (χ3n) is 2.83. The van der Waals surface area contributed by atoms with Crippen LogP contribution in [-0.2, 0) is 10.9 Å². The van der Waals surface area contributed by atoms with Crippen molar-refractivity contribution in [3.8, 4) is 0 Å². The van der Waals surface area contributed by atoms with Gasteiger partial charge in [0.25, 0.3) is 0 Å². The zero-order chi connectivity index (χ0) is 13.3. The minimum atomic E-state index is -4.31. The van der Waals surface area contributed by atoms with E-state index in [1.54, 1.807) is 0 Å². The average Bonchev–Trinajstić information content (AvgIpc) is 2.77. The molecule has 0 N–H and O–H groups in total. The van der Waals surface area contributed by atoms with E-state index in [0.717, 1.165) is 12.6 Å². The third kappa shape index (κ3) is 2.95. The van der Waals surface area contributed by atoms with Gasteiger partial charge in [-0.3, -0.25) is 0 Å². The third-order valence-corrected chi connectivity index (χ3v) is 3.93. The van der Waals surface area contributed by atoms with Crippen LogP contribution in [0.25, 0.3) is 0 Å². The Morgan fingerprint density at radius 1 is 1.50 bits per heavy atom. The first-order chi connectivity index (χ1) is 8.40. The standard InChI is InChI=1S/C11H15F3N2OS/c1-3-8-6-16(5-7(2)17-8)10-15-4-9(18-10)11(12,13)14/h4,7-8H,3,5-6H2,1-2H3. The zero-order valence-electron chi connectivity index (χ0n) is 10.2. The molecule has 1 aromatic rings. The quantitative estimate of drug-likeness (QED) is 0.832. The lowest BCUT2D eigenvalue weighted by Gasteiger charge is -2.36. The summed E-state index contributed by atoms with van der Waals surface area (Å²) in [5.41, 5.74) is 0. The predicted molar refractivity (Wildman–Crippen MR) is 64.0 cm³/mol. The van der Waals surface area contributed by atoms with Crippen LogP contribution in [0.5, 0.6) is 0 Å². The molecule has 2 heterocycles. The van der Waals surface area contributed by atoms with E-state index in [4.69, 9.17) is 4.74 Å². The lowest BCUT2D eigenvalue weighted by Crippen LogP contribution is -2.46. The molecule has 0 bridgehead atoms. The van der Waals surface area contributed by atoms with E-state index in [-0.39, 0.29) is 12.2 Å². The SMILES string of the molecule is CCC1CN(c2ncc(C(F)(F)F)s2)CC(C)O1. The van der Waals surface area contributed by atoms with Crippen LogP contribution in [0.4, 0.5) is 18.3 Å². The fourth-order valence-corrected chi connectivity index (χ4v) is 2.77. The Hall–Kier alpha value is -0.820. The van der Waals surface area contributed by atoms with Crippen LogP contribution in [0.3, 0.4) is 0 Å². The summed E-state index contributed by atoms with van der Waals surface area (Å²) in [7, 11) is 0. The van der Waals surface area contributed by atoms with Crippen LogP contribution < -0.4 is 4.90 Å². The maximum atomic E-state index is 12.5. The van der Waals surface area contributed by atoms with Gasteiger partial charge in [-0.2, -0.15) is 13.2 Å². The summed E-state index contributed by atoms with van der Waals surface area (Å²) < 4.78 is 43.2. The van der Waals surface area contributed by atoms with Crippen molar-refractivity contribution < 1.29 is 17.9 Å². The lowest BCUT2D eigenvalue weighted by molar-refractivity contribution is -0.134. The van der Waals surface area contributed by atoms with Crippen molar-refractivity contribution in [1.29, 1.82) is 0 Å². The van der Waals surface area contributed by atoms with Gasteiger partial charge in [0.2, 0.25) is 0 Å². The zero-order valence-corrected chi connectivity index (χ0v) is 11.0. The number of ether oxygens (including phenoxy) is 1. The highest BCUT2D eigenvalue weighted by molar-refractivity contribution is 7.15. The Morgan fingerprint density at radius 2 is 2.22 bits per heavy atom. The molecular weight excluding hydrogens is 265 g/mol. The first kappa shape index (κ1) is 13.6. The first-order valence-electron chi connectivity index (χ1n) is 5.83. The average molecular weight is 280 g/mol. The second-order valence-corrected chi connectivity index (χ2v) is 5.40. The summed E-state index contributed by atoms with van der Waals surface area (Å²) in [5.74, 6) is 0. The second kappa shape index (κ2) is 5.05. The molecule has 2 atom stereocenters. The molecule has 102 valence electrons. The van der Waals surface area contributed by atoms with Crippen LogP contribution in [-0.4, -0.2) is 30.3 Å². The number of thiazole rings is 1. The number of aromatic nitrogens is 1. The topological polar surface area (TPSA) is 25.4 Å². The summed E-state index contributed by atoms with van der Waals surface area (Å²) in [5, 5.41) is 0.427. The van der Waals surface area contributed by atoms with Crippen molar-refractivity contribution in [3.05, 3.63) is 11.1 Å². The molecule has 1 aliphatic rings. The number of halogens is 3. The second-order valence-electron chi connectivity index (χ2n) is 4.39. The Kier molecular flexibility index (Phi) is 3.82. The largest absolute Gasteiger partial charge is 0.427 e. The molecule has 1 fully saturated rings. The van der Waals surface area contributed by atoms with E-state index in [1.807, 2.05) is 18.7 Å². The highest BCUT2D eigenvalue weighted by atomic mass is 32.1. The minimum Gasteiger partial charge on any atom is -0.372 e. The molecule has 3 nitrogen and oxygen atoms in total. The van der Waals surface area contributed by atoms with E-state index in [1.165, 1.54) is 0 Å². The molecule has 0 amide bonds. The molecule has 0 aromatic carbocycles. The number of anilines is 1. The summed E-state index contributed by atoms with van der Waals surface area (Å²) in [6, 6.07) is 0. The van der Waals surface area contributed by atoms with Crippen molar-refractivity contribution in [2.75, 3.05) is 18.0 Å². The van der Waals surface area contributed by atoms with Gasteiger partial charge in [0.15, 0.2) is 5.13 Å². The van der Waals surface area contributed by atoms with Gasteiger partial charge in [0.1, 0.15) is 4.88 Å². The van der Waals surface area contributed by atoms with Gasteiger partial charge in [0, 0.05) is 13.1 Å². The van der Waals surface area contributed by atoms with Gasteiger partial charge in [-0.25, -0.2) is 4.98 Å². The summed E-state index contributed by atoms with van der Waals surface area (Å²) in [6.45, 7) is 5.12. The van der Waals surface area contributed by atoms with Crippen molar-refractivity contribution >= 4 is 16.5 Å². The van der Waals surface area contributed by atoms with E-state index in [9.17, 15) is 13.2 Å². The molecule has 18 heavy (non-hydrogen) atoms. The number of nitrogens with zero attached hydrogens (tertiary/aromatic N) is 2. The fourth-order valence-electron chi connectivity index (χ4n) is 1.97. The summed E-state index contributed by atoms with van der Waals surface area (Å²) >= 11 is 0.695. The Bertz CT molecular complexity index is 407. The molecule has 0 spiro atoms. The molecular formula is C11H15F3N2OS. The Labute approximate surface area is 108 Å². The number of morpholine rings is 1. The maximum Gasteiger partial charge on any atom is 0.427 e. The van der Waals surface area contributed by atoms with Crippen molar-refractivity contribution in [1.82, 2.24) is 4.98 Å². The van der Waals surface area contributed by atoms with Crippen LogP contribution in [0.2, 0.25) is 0 Å². The van der Waals surface area contributed by atoms with E-state index >= 15 is 0 Å². The number of hydrogen-bond donors (Lipinski definition) is 0. The maximum absolute atomic E-state index is 12.5. The van der Waals surface area contributed by atoms with Crippen LogP contribution in [0, 0.1) is 0 Å². The van der Waals surface area contributed by atoms with Crippen molar-refractivity contribution in [2.45, 2.75) is 38.7 Å². The van der Waals surface area contributed by atoms with E-state index in [2.05, 4.69) is 4.98 Å². The molecule has 1 aromatic heterocycles. The van der Waals surface area contributed by atoms with Crippen LogP contribution in [0.1, 0.15) is 25.1 Å². The van der Waals surface area contributed by atoms with E-state index in [0.29, 0.717) is 29.6 Å². The molecule has 1 saturated heterocycles. The fraction of sp³-hybridized carbons (Fsp3) is 0.727. The number of alkyl halides is 3. The molecule has 1 aliphatic heterocycles.